The van der Waals surface area contributed by atoms with E-state index >= 15 is 0 Å². The van der Waals surface area contributed by atoms with Gasteiger partial charge in [0.2, 0.25) is 0 Å². The Labute approximate surface area is 159 Å². The Morgan fingerprint density at radius 3 is 2.35 bits per heavy atom. The number of hydrogen-bond donors (Lipinski definition) is 0. The third-order valence-corrected chi connectivity index (χ3v) is 5.69. The van der Waals surface area contributed by atoms with E-state index < -0.39 is 0 Å². The molecule has 26 heavy (non-hydrogen) atoms. The first-order valence-electron chi connectivity index (χ1n) is 10.3. The van der Waals surface area contributed by atoms with Crippen LogP contribution >= 0.6 is 0 Å². The standard InChI is InChI=1S/C25H31N/c1-3-4-5-6-21-8-13-23(14-9-21)24-15-10-22(11-16-24)12-18-25-17-7-20(2)19-26-25/h7,10-11,15-17,19,21,23H,3-6,8-9,13-14H2,1-2H3/t21-,23-. The van der Waals surface area contributed by atoms with E-state index in [-0.39, 0.29) is 0 Å². The number of rotatable bonds is 5. The smallest absolute Gasteiger partial charge is 0.113 e. The van der Waals surface area contributed by atoms with E-state index in [0.717, 1.165) is 23.1 Å². The summed E-state index contributed by atoms with van der Waals surface area (Å²) in [6.45, 7) is 4.34. The fourth-order valence-electron chi connectivity index (χ4n) is 3.98. The molecule has 0 saturated heterocycles. The zero-order valence-corrected chi connectivity index (χ0v) is 16.3. The zero-order valence-electron chi connectivity index (χ0n) is 16.3. The second kappa shape index (κ2) is 9.58. The zero-order chi connectivity index (χ0) is 18.2. The molecule has 0 aliphatic heterocycles. The predicted molar refractivity (Wildman–Crippen MR) is 110 cm³/mol. The lowest BCUT2D eigenvalue weighted by molar-refractivity contribution is 0.303. The lowest BCUT2D eigenvalue weighted by Gasteiger charge is -2.29. The molecule has 1 saturated carbocycles. The molecule has 1 aromatic carbocycles. The van der Waals surface area contributed by atoms with Gasteiger partial charge in [0, 0.05) is 11.8 Å². The lowest BCUT2D eigenvalue weighted by atomic mass is 9.77. The number of aryl methyl sites for hydroxylation is 1. The highest BCUT2D eigenvalue weighted by molar-refractivity contribution is 5.41. The van der Waals surface area contributed by atoms with Crippen molar-refractivity contribution in [2.45, 2.75) is 71.1 Å². The predicted octanol–water partition coefficient (Wildman–Crippen LogP) is 6.64. The van der Waals surface area contributed by atoms with Crippen molar-refractivity contribution in [3.63, 3.8) is 0 Å². The van der Waals surface area contributed by atoms with Crippen molar-refractivity contribution < 1.29 is 0 Å². The van der Waals surface area contributed by atoms with E-state index in [1.807, 2.05) is 19.2 Å². The quantitative estimate of drug-likeness (QED) is 0.437. The third kappa shape index (κ3) is 5.46. The Hall–Kier alpha value is -2.07. The van der Waals surface area contributed by atoms with Gasteiger partial charge in [-0.3, -0.25) is 0 Å². The first kappa shape index (κ1) is 18.7. The van der Waals surface area contributed by atoms with Gasteiger partial charge in [0.05, 0.1) is 0 Å². The van der Waals surface area contributed by atoms with Crippen molar-refractivity contribution in [2.75, 3.05) is 0 Å². The Balaban J connectivity index is 1.53. The molecule has 0 bridgehead atoms. The van der Waals surface area contributed by atoms with Gasteiger partial charge in [-0.25, -0.2) is 4.98 Å². The summed E-state index contributed by atoms with van der Waals surface area (Å²) in [5.41, 5.74) is 4.57. The molecule has 1 nitrogen and oxygen atoms in total. The molecule has 0 atom stereocenters. The molecular weight excluding hydrogens is 314 g/mol. The maximum atomic E-state index is 4.34. The van der Waals surface area contributed by atoms with Gasteiger partial charge in [-0.1, -0.05) is 56.7 Å². The van der Waals surface area contributed by atoms with E-state index in [4.69, 9.17) is 0 Å². The molecule has 1 heteroatoms. The number of hydrogen-bond acceptors (Lipinski definition) is 1. The molecule has 1 aliphatic carbocycles. The minimum absolute atomic E-state index is 0.748. The molecule has 0 spiro atoms. The third-order valence-electron chi connectivity index (χ3n) is 5.69. The van der Waals surface area contributed by atoms with Crippen molar-refractivity contribution >= 4 is 0 Å². The molecular formula is C25H31N. The van der Waals surface area contributed by atoms with Crippen molar-refractivity contribution in [1.29, 1.82) is 0 Å². The first-order chi connectivity index (χ1) is 12.7. The summed E-state index contributed by atoms with van der Waals surface area (Å²) in [6, 6.07) is 12.9. The number of pyridine rings is 1. The van der Waals surface area contributed by atoms with Crippen molar-refractivity contribution in [3.8, 4) is 11.8 Å². The van der Waals surface area contributed by atoms with Gasteiger partial charge in [-0.15, -0.1) is 0 Å². The summed E-state index contributed by atoms with van der Waals surface area (Å²) in [5.74, 6) is 8.12. The van der Waals surface area contributed by atoms with Crippen LogP contribution in [0.2, 0.25) is 0 Å². The average molecular weight is 346 g/mol. The van der Waals surface area contributed by atoms with Crippen LogP contribution in [0.1, 0.15) is 86.6 Å². The van der Waals surface area contributed by atoms with Gasteiger partial charge in [0.15, 0.2) is 0 Å². The molecule has 1 aliphatic rings. The molecule has 2 aromatic rings. The second-order valence-corrected chi connectivity index (χ2v) is 7.81. The number of unbranched alkanes of at least 4 members (excludes halogenated alkanes) is 2. The molecule has 1 heterocycles. The number of aromatic nitrogens is 1. The SMILES string of the molecule is CCCCC[C@H]1CC[C@H](c2ccc(C#Cc3ccc(C)cn3)cc2)CC1. The Kier molecular flexibility index (Phi) is 6.89. The van der Waals surface area contributed by atoms with Crippen LogP contribution in [0.15, 0.2) is 42.6 Å². The van der Waals surface area contributed by atoms with Crippen LogP contribution in [0, 0.1) is 24.7 Å². The van der Waals surface area contributed by atoms with Crippen LogP contribution < -0.4 is 0 Å². The molecule has 3 rings (SSSR count). The molecule has 1 fully saturated rings. The van der Waals surface area contributed by atoms with Crippen LogP contribution in [-0.4, -0.2) is 4.98 Å². The molecule has 136 valence electrons. The summed E-state index contributed by atoms with van der Waals surface area (Å²) in [7, 11) is 0. The van der Waals surface area contributed by atoms with Crippen LogP contribution in [0.25, 0.3) is 0 Å². The number of benzene rings is 1. The highest BCUT2D eigenvalue weighted by atomic mass is 14.7. The monoisotopic (exact) mass is 345 g/mol. The van der Waals surface area contributed by atoms with Crippen molar-refractivity contribution in [2.24, 2.45) is 5.92 Å². The normalized spacial score (nSPS) is 19.6. The Morgan fingerprint density at radius 2 is 1.69 bits per heavy atom. The van der Waals surface area contributed by atoms with Crippen LogP contribution in [0.4, 0.5) is 0 Å². The summed E-state index contributed by atoms with van der Waals surface area (Å²) >= 11 is 0. The van der Waals surface area contributed by atoms with Gasteiger partial charge in [-0.2, -0.15) is 0 Å². The largest absolute Gasteiger partial charge is 0.248 e. The fraction of sp³-hybridized carbons (Fsp3) is 0.480. The van der Waals surface area contributed by atoms with Gasteiger partial charge < -0.3 is 0 Å². The maximum absolute atomic E-state index is 4.34. The van der Waals surface area contributed by atoms with Crippen LogP contribution in [0.5, 0.6) is 0 Å². The average Bonchev–Trinajstić information content (AvgIpc) is 2.69. The van der Waals surface area contributed by atoms with Gasteiger partial charge in [-0.05, 0) is 79.7 Å². The van der Waals surface area contributed by atoms with Crippen LogP contribution in [0.3, 0.4) is 0 Å². The van der Waals surface area contributed by atoms with Crippen LogP contribution in [-0.2, 0) is 0 Å². The molecule has 0 N–H and O–H groups in total. The first-order valence-corrected chi connectivity index (χ1v) is 10.3. The van der Waals surface area contributed by atoms with Gasteiger partial charge in [0.25, 0.3) is 0 Å². The molecule has 0 unspecified atom stereocenters. The Morgan fingerprint density at radius 1 is 0.923 bits per heavy atom. The minimum Gasteiger partial charge on any atom is -0.248 e. The topological polar surface area (TPSA) is 12.9 Å². The molecule has 0 amide bonds. The molecule has 0 radical (unpaired) electrons. The minimum atomic E-state index is 0.748. The second-order valence-electron chi connectivity index (χ2n) is 7.81. The van der Waals surface area contributed by atoms with E-state index in [1.165, 1.54) is 62.5 Å². The summed E-state index contributed by atoms with van der Waals surface area (Å²) < 4.78 is 0. The van der Waals surface area contributed by atoms with E-state index in [9.17, 15) is 0 Å². The maximum Gasteiger partial charge on any atom is 0.113 e. The molecule has 1 aromatic heterocycles. The summed E-state index contributed by atoms with van der Waals surface area (Å²) in [6.07, 6.45) is 13.0. The highest BCUT2D eigenvalue weighted by Gasteiger charge is 2.21. The number of nitrogens with zero attached hydrogens (tertiary/aromatic N) is 1. The highest BCUT2D eigenvalue weighted by Crippen LogP contribution is 2.37. The van der Waals surface area contributed by atoms with E-state index in [0.29, 0.717) is 0 Å². The van der Waals surface area contributed by atoms with Crippen molar-refractivity contribution in [1.82, 2.24) is 4.98 Å². The van der Waals surface area contributed by atoms with E-state index in [2.05, 4.69) is 54.1 Å². The summed E-state index contributed by atoms with van der Waals surface area (Å²) in [4.78, 5) is 4.34. The fourth-order valence-corrected chi connectivity index (χ4v) is 3.98. The summed E-state index contributed by atoms with van der Waals surface area (Å²) in [5, 5.41) is 0. The van der Waals surface area contributed by atoms with Crippen molar-refractivity contribution in [3.05, 3.63) is 65.0 Å². The lowest BCUT2D eigenvalue weighted by Crippen LogP contribution is -2.13. The van der Waals surface area contributed by atoms with Gasteiger partial charge in [0.1, 0.15) is 5.69 Å². The Bertz CT molecular complexity index is 722. The van der Waals surface area contributed by atoms with Gasteiger partial charge >= 0.3 is 0 Å². The van der Waals surface area contributed by atoms with E-state index in [1.54, 1.807) is 0 Å².